The predicted octanol–water partition coefficient (Wildman–Crippen LogP) is 1.02. The SMILES string of the molecule is CCOc1ccc(C(=O)NNC(=O)CN2CCSC2=O)cc1. The van der Waals surface area contributed by atoms with Gasteiger partial charge in [0.15, 0.2) is 0 Å². The third kappa shape index (κ3) is 4.39. The van der Waals surface area contributed by atoms with Crippen LogP contribution in [0.5, 0.6) is 5.75 Å². The molecule has 0 saturated carbocycles. The second kappa shape index (κ2) is 7.69. The fourth-order valence-corrected chi connectivity index (χ4v) is 2.67. The Morgan fingerprint density at radius 2 is 2.00 bits per heavy atom. The number of hydrazine groups is 1. The van der Waals surface area contributed by atoms with Gasteiger partial charge in [0.25, 0.3) is 17.1 Å². The van der Waals surface area contributed by atoms with Crippen LogP contribution in [0.1, 0.15) is 17.3 Å². The molecule has 1 saturated heterocycles. The van der Waals surface area contributed by atoms with Crippen LogP contribution in [0.2, 0.25) is 0 Å². The van der Waals surface area contributed by atoms with Crippen molar-refractivity contribution in [2.45, 2.75) is 6.92 Å². The molecule has 0 aliphatic carbocycles. The average molecular weight is 323 g/mol. The maximum atomic E-state index is 11.9. The lowest BCUT2D eigenvalue weighted by atomic mass is 10.2. The van der Waals surface area contributed by atoms with Crippen LogP contribution in [0.25, 0.3) is 0 Å². The van der Waals surface area contributed by atoms with Crippen molar-refractivity contribution >= 4 is 28.8 Å². The van der Waals surface area contributed by atoms with Gasteiger partial charge in [-0.2, -0.15) is 0 Å². The highest BCUT2D eigenvalue weighted by Gasteiger charge is 2.23. The van der Waals surface area contributed by atoms with Crippen molar-refractivity contribution in [3.05, 3.63) is 29.8 Å². The van der Waals surface area contributed by atoms with Crippen molar-refractivity contribution in [3.63, 3.8) is 0 Å². The van der Waals surface area contributed by atoms with E-state index in [2.05, 4.69) is 10.9 Å². The van der Waals surface area contributed by atoms with Crippen molar-refractivity contribution in [2.75, 3.05) is 25.4 Å². The molecule has 1 aliphatic rings. The van der Waals surface area contributed by atoms with Crippen molar-refractivity contribution < 1.29 is 19.1 Å². The van der Waals surface area contributed by atoms with E-state index in [1.807, 2.05) is 6.92 Å². The molecular formula is C14H17N3O4S. The molecule has 8 heteroatoms. The number of hydrogen-bond donors (Lipinski definition) is 2. The summed E-state index contributed by atoms with van der Waals surface area (Å²) < 4.78 is 5.28. The minimum Gasteiger partial charge on any atom is -0.494 e. The molecule has 0 bridgehead atoms. The third-order valence-corrected chi connectivity index (χ3v) is 3.81. The molecule has 2 rings (SSSR count). The fraction of sp³-hybridized carbons (Fsp3) is 0.357. The van der Waals surface area contributed by atoms with Crippen LogP contribution in [-0.4, -0.2) is 47.4 Å². The van der Waals surface area contributed by atoms with Crippen LogP contribution >= 0.6 is 11.8 Å². The number of rotatable bonds is 5. The first-order valence-electron chi connectivity index (χ1n) is 6.84. The topological polar surface area (TPSA) is 87.7 Å². The van der Waals surface area contributed by atoms with Crippen LogP contribution in [0.4, 0.5) is 4.79 Å². The van der Waals surface area contributed by atoms with E-state index < -0.39 is 11.8 Å². The van der Waals surface area contributed by atoms with E-state index in [9.17, 15) is 14.4 Å². The largest absolute Gasteiger partial charge is 0.494 e. The lowest BCUT2D eigenvalue weighted by Gasteiger charge is -2.14. The molecule has 2 N–H and O–H groups in total. The molecular weight excluding hydrogens is 306 g/mol. The summed E-state index contributed by atoms with van der Waals surface area (Å²) >= 11 is 1.18. The van der Waals surface area contributed by atoms with Crippen LogP contribution < -0.4 is 15.6 Å². The molecule has 0 aromatic heterocycles. The van der Waals surface area contributed by atoms with Crippen molar-refractivity contribution in [3.8, 4) is 5.75 Å². The summed E-state index contributed by atoms with van der Waals surface area (Å²) in [5, 5.41) is -0.118. The lowest BCUT2D eigenvalue weighted by molar-refractivity contribution is -0.122. The van der Waals surface area contributed by atoms with Crippen molar-refractivity contribution in [1.82, 2.24) is 15.8 Å². The third-order valence-electron chi connectivity index (χ3n) is 2.92. The minimum absolute atomic E-state index is 0.0601. The van der Waals surface area contributed by atoms with E-state index in [0.29, 0.717) is 30.2 Å². The van der Waals surface area contributed by atoms with E-state index in [0.717, 1.165) is 0 Å². The molecule has 0 atom stereocenters. The number of nitrogens with one attached hydrogen (secondary N) is 2. The molecule has 22 heavy (non-hydrogen) atoms. The maximum Gasteiger partial charge on any atom is 0.282 e. The zero-order valence-electron chi connectivity index (χ0n) is 12.1. The monoisotopic (exact) mass is 323 g/mol. The van der Waals surface area contributed by atoms with Gasteiger partial charge in [-0.15, -0.1) is 0 Å². The van der Waals surface area contributed by atoms with Gasteiger partial charge in [0.2, 0.25) is 0 Å². The number of hydrogen-bond acceptors (Lipinski definition) is 5. The smallest absolute Gasteiger partial charge is 0.282 e. The number of amides is 3. The highest BCUT2D eigenvalue weighted by Crippen LogP contribution is 2.16. The van der Waals surface area contributed by atoms with Gasteiger partial charge in [0, 0.05) is 17.9 Å². The predicted molar refractivity (Wildman–Crippen MR) is 82.6 cm³/mol. The second-order valence-corrected chi connectivity index (χ2v) is 5.54. The Balaban J connectivity index is 1.79. The molecule has 1 aliphatic heterocycles. The average Bonchev–Trinajstić information content (AvgIpc) is 2.91. The van der Waals surface area contributed by atoms with Crippen LogP contribution in [-0.2, 0) is 4.79 Å². The molecule has 118 valence electrons. The van der Waals surface area contributed by atoms with Gasteiger partial charge in [0.1, 0.15) is 12.3 Å². The number of benzene rings is 1. The first-order chi connectivity index (χ1) is 10.6. The van der Waals surface area contributed by atoms with Crippen LogP contribution in [0.3, 0.4) is 0 Å². The van der Waals surface area contributed by atoms with E-state index in [1.54, 1.807) is 24.3 Å². The van der Waals surface area contributed by atoms with Gasteiger partial charge < -0.3 is 9.64 Å². The molecule has 1 aromatic carbocycles. The van der Waals surface area contributed by atoms with Gasteiger partial charge in [-0.25, -0.2) is 0 Å². The summed E-state index contributed by atoms with van der Waals surface area (Å²) in [6.45, 7) is 2.91. The summed E-state index contributed by atoms with van der Waals surface area (Å²) in [7, 11) is 0. The molecule has 7 nitrogen and oxygen atoms in total. The molecule has 1 fully saturated rings. The Hall–Kier alpha value is -2.22. The van der Waals surface area contributed by atoms with Gasteiger partial charge >= 0.3 is 0 Å². The summed E-state index contributed by atoms with van der Waals surface area (Å²) in [5.41, 5.74) is 5.01. The first-order valence-corrected chi connectivity index (χ1v) is 7.82. The Kier molecular flexibility index (Phi) is 5.65. The molecule has 3 amide bonds. The number of carbonyl (C=O) groups excluding carboxylic acids is 3. The van der Waals surface area contributed by atoms with E-state index in [-0.39, 0.29) is 11.8 Å². The summed E-state index contributed by atoms with van der Waals surface area (Å²) in [4.78, 5) is 36.3. The maximum absolute atomic E-state index is 11.9. The first kappa shape index (κ1) is 16.2. The quantitative estimate of drug-likeness (QED) is 0.790. The van der Waals surface area contributed by atoms with E-state index in [4.69, 9.17) is 4.74 Å². The second-order valence-electron chi connectivity index (χ2n) is 4.50. The van der Waals surface area contributed by atoms with Gasteiger partial charge in [-0.05, 0) is 31.2 Å². The fourth-order valence-electron chi connectivity index (χ4n) is 1.85. The van der Waals surface area contributed by atoms with Gasteiger partial charge in [-0.1, -0.05) is 11.8 Å². The zero-order valence-corrected chi connectivity index (χ0v) is 12.9. The highest BCUT2D eigenvalue weighted by molar-refractivity contribution is 8.13. The van der Waals surface area contributed by atoms with Gasteiger partial charge in [0.05, 0.1) is 6.61 Å². The highest BCUT2D eigenvalue weighted by atomic mass is 32.2. The molecule has 1 aromatic rings. The number of ether oxygens (including phenoxy) is 1. The Morgan fingerprint density at radius 3 is 2.59 bits per heavy atom. The minimum atomic E-state index is -0.435. The van der Waals surface area contributed by atoms with Crippen molar-refractivity contribution in [1.29, 1.82) is 0 Å². The molecule has 1 heterocycles. The Bertz CT molecular complexity index is 562. The number of thioether (sulfide) groups is 1. The number of nitrogens with zero attached hydrogens (tertiary/aromatic N) is 1. The summed E-state index contributed by atoms with van der Waals surface area (Å²) in [6.07, 6.45) is 0. The summed E-state index contributed by atoms with van der Waals surface area (Å²) in [5.74, 6) is 0.492. The lowest BCUT2D eigenvalue weighted by Crippen LogP contribution is -2.46. The van der Waals surface area contributed by atoms with Gasteiger partial charge in [-0.3, -0.25) is 25.2 Å². The van der Waals surface area contributed by atoms with E-state index in [1.165, 1.54) is 16.7 Å². The van der Waals surface area contributed by atoms with Crippen LogP contribution in [0.15, 0.2) is 24.3 Å². The Morgan fingerprint density at radius 1 is 1.27 bits per heavy atom. The standard InChI is InChI=1S/C14H17N3O4S/c1-2-21-11-5-3-10(4-6-11)13(19)16-15-12(18)9-17-7-8-22-14(17)20/h3-6H,2,7-9H2,1H3,(H,15,18)(H,16,19). The molecule has 0 spiro atoms. The number of carbonyl (C=O) groups is 3. The molecule has 0 radical (unpaired) electrons. The molecule has 0 unspecified atom stereocenters. The Labute approximate surface area is 132 Å². The summed E-state index contributed by atoms with van der Waals surface area (Å²) in [6, 6.07) is 6.57. The zero-order chi connectivity index (χ0) is 15.9. The van der Waals surface area contributed by atoms with Crippen LogP contribution in [0, 0.1) is 0 Å². The normalized spacial score (nSPS) is 13.9. The van der Waals surface area contributed by atoms with Crippen molar-refractivity contribution in [2.24, 2.45) is 0 Å². The van der Waals surface area contributed by atoms with E-state index >= 15 is 0 Å².